The van der Waals surface area contributed by atoms with Crippen LogP contribution in [0.15, 0.2) is 54.6 Å². The zero-order valence-corrected chi connectivity index (χ0v) is 19.1. The van der Waals surface area contributed by atoms with Crippen LogP contribution in [0.4, 0.5) is 0 Å². The minimum Gasteiger partial charge on any atom is -0.400 e. The SMILES string of the molecule is C=CCl.CN1CCN(CC(O)Cn2c3ccccc3c3cc(Cl)ccc32)CC1.CO. The Kier molecular flexibility index (Phi) is 10.1. The average Bonchev–Trinajstić information content (AvgIpc) is 3.05. The number of rotatable bonds is 4. The fourth-order valence-electron chi connectivity index (χ4n) is 3.82. The molecule has 4 rings (SSSR count). The molecule has 164 valence electrons. The minimum absolute atomic E-state index is 0.391. The van der Waals surface area contributed by atoms with Crippen molar-refractivity contribution in [2.24, 2.45) is 0 Å². The van der Waals surface area contributed by atoms with Gasteiger partial charge in [0.15, 0.2) is 0 Å². The molecule has 1 unspecified atom stereocenters. The third-order valence-electron chi connectivity index (χ3n) is 5.19. The highest BCUT2D eigenvalue weighted by molar-refractivity contribution is 6.31. The van der Waals surface area contributed by atoms with Crippen LogP contribution in [0.2, 0.25) is 5.02 Å². The number of fused-ring (bicyclic) bond motifs is 3. The Bertz CT molecular complexity index is 937. The molecule has 2 aromatic carbocycles. The summed E-state index contributed by atoms with van der Waals surface area (Å²) in [4.78, 5) is 4.69. The summed E-state index contributed by atoms with van der Waals surface area (Å²) in [5, 5.41) is 20.8. The lowest BCUT2D eigenvalue weighted by atomic mass is 10.2. The molecule has 1 aliphatic rings. The summed E-state index contributed by atoms with van der Waals surface area (Å²) in [6.45, 7) is 8.63. The smallest absolute Gasteiger partial charge is 0.0845 e. The summed E-state index contributed by atoms with van der Waals surface area (Å²) < 4.78 is 2.22. The highest BCUT2D eigenvalue weighted by Crippen LogP contribution is 2.31. The molecule has 1 atom stereocenters. The van der Waals surface area contributed by atoms with E-state index in [4.69, 9.17) is 28.3 Å². The quantitative estimate of drug-likeness (QED) is 0.628. The molecule has 0 radical (unpaired) electrons. The summed E-state index contributed by atoms with van der Waals surface area (Å²) >= 11 is 11.0. The first-order valence-electron chi connectivity index (χ1n) is 9.94. The molecular weight excluding hydrogens is 421 g/mol. The number of nitrogens with zero attached hydrogens (tertiary/aromatic N) is 3. The van der Waals surface area contributed by atoms with Crippen molar-refractivity contribution in [3.05, 3.63) is 59.6 Å². The van der Waals surface area contributed by atoms with E-state index in [0.29, 0.717) is 6.54 Å². The molecule has 0 amide bonds. The van der Waals surface area contributed by atoms with Crippen molar-refractivity contribution in [2.45, 2.75) is 12.6 Å². The molecule has 3 aromatic rings. The number of aliphatic hydroxyl groups is 2. The third kappa shape index (κ3) is 6.20. The van der Waals surface area contributed by atoms with Crippen LogP contribution >= 0.6 is 23.2 Å². The van der Waals surface area contributed by atoms with Crippen LogP contribution in [-0.4, -0.2) is 77.6 Å². The molecule has 1 aliphatic heterocycles. The Labute approximate surface area is 188 Å². The highest BCUT2D eigenvalue weighted by Gasteiger charge is 2.19. The van der Waals surface area contributed by atoms with Gasteiger partial charge in [0.25, 0.3) is 0 Å². The van der Waals surface area contributed by atoms with E-state index in [1.807, 2.05) is 24.3 Å². The van der Waals surface area contributed by atoms with Crippen molar-refractivity contribution in [1.29, 1.82) is 0 Å². The lowest BCUT2D eigenvalue weighted by molar-refractivity contribution is 0.0723. The van der Waals surface area contributed by atoms with E-state index >= 15 is 0 Å². The first-order valence-corrected chi connectivity index (χ1v) is 10.8. The second kappa shape index (κ2) is 12.3. The Morgan fingerprint density at radius 2 is 1.60 bits per heavy atom. The summed E-state index contributed by atoms with van der Waals surface area (Å²) in [6, 6.07) is 14.3. The van der Waals surface area contributed by atoms with Gasteiger partial charge in [-0.25, -0.2) is 0 Å². The van der Waals surface area contributed by atoms with E-state index in [1.165, 1.54) is 10.9 Å². The number of halogens is 2. The zero-order valence-electron chi connectivity index (χ0n) is 17.6. The maximum absolute atomic E-state index is 10.7. The number of piperazine rings is 1. The van der Waals surface area contributed by atoms with Gasteiger partial charge in [0.2, 0.25) is 0 Å². The second-order valence-electron chi connectivity index (χ2n) is 7.20. The van der Waals surface area contributed by atoms with Gasteiger partial charge in [-0.05, 0) is 36.8 Å². The van der Waals surface area contributed by atoms with Gasteiger partial charge in [-0.2, -0.15) is 0 Å². The van der Waals surface area contributed by atoms with Crippen molar-refractivity contribution in [3.63, 3.8) is 0 Å². The van der Waals surface area contributed by atoms with E-state index in [2.05, 4.69) is 46.2 Å². The number of hydrogen-bond acceptors (Lipinski definition) is 4. The van der Waals surface area contributed by atoms with Crippen LogP contribution in [-0.2, 0) is 6.54 Å². The predicted molar refractivity (Wildman–Crippen MR) is 129 cm³/mol. The molecule has 5 nitrogen and oxygen atoms in total. The highest BCUT2D eigenvalue weighted by atomic mass is 35.5. The molecule has 7 heteroatoms. The minimum atomic E-state index is -0.391. The fourth-order valence-corrected chi connectivity index (χ4v) is 3.99. The molecule has 30 heavy (non-hydrogen) atoms. The van der Waals surface area contributed by atoms with Crippen molar-refractivity contribution in [1.82, 2.24) is 14.4 Å². The predicted octanol–water partition coefficient (Wildman–Crippen LogP) is 4.03. The van der Waals surface area contributed by atoms with Crippen LogP contribution in [0.1, 0.15) is 0 Å². The molecule has 1 fully saturated rings. The molecule has 0 bridgehead atoms. The molecule has 1 saturated heterocycles. The van der Waals surface area contributed by atoms with E-state index in [-0.39, 0.29) is 0 Å². The molecule has 2 heterocycles. The number of aliphatic hydroxyl groups excluding tert-OH is 2. The number of likely N-dealkylation sites (N-methyl/N-ethyl adjacent to an activating group) is 1. The summed E-state index contributed by atoms with van der Waals surface area (Å²) in [5.41, 5.74) is 3.50. The number of para-hydroxylation sites is 1. The standard InChI is InChI=1S/C20H24ClN3O.C2H3Cl.CH4O/c1-22-8-10-23(11-9-22)13-16(25)14-24-19-5-3-2-4-17(19)18-12-15(21)6-7-20(18)24;1-2-3;1-2/h2-7,12,16,25H,8-11,13-14H2,1H3;2H,1H2;2H,1H3. The number of aromatic nitrogens is 1. The van der Waals surface area contributed by atoms with Crippen LogP contribution in [0, 0.1) is 0 Å². The topological polar surface area (TPSA) is 51.9 Å². The van der Waals surface area contributed by atoms with Crippen LogP contribution in [0.5, 0.6) is 0 Å². The summed E-state index contributed by atoms with van der Waals surface area (Å²) in [6.07, 6.45) is -0.391. The number of β-amino-alcohol motifs (C(OH)–C–C–N with tert-alkyl or cyclic N) is 1. The van der Waals surface area contributed by atoms with Gasteiger partial charge in [-0.15, -0.1) is 0 Å². The van der Waals surface area contributed by atoms with E-state index in [1.54, 1.807) is 0 Å². The first kappa shape index (κ1) is 24.7. The van der Waals surface area contributed by atoms with Crippen LogP contribution < -0.4 is 0 Å². The maximum atomic E-state index is 10.7. The molecule has 1 aromatic heterocycles. The van der Waals surface area contributed by atoms with Gasteiger partial charge < -0.3 is 19.7 Å². The van der Waals surface area contributed by atoms with Crippen molar-refractivity contribution in [2.75, 3.05) is 46.9 Å². The summed E-state index contributed by atoms with van der Waals surface area (Å²) in [5.74, 6) is 0. The molecular formula is C23H31Cl2N3O2. The van der Waals surface area contributed by atoms with Gasteiger partial charge in [0.05, 0.1) is 12.6 Å². The zero-order chi connectivity index (χ0) is 22.1. The van der Waals surface area contributed by atoms with Gasteiger partial charge in [0, 0.05) is 66.7 Å². The maximum Gasteiger partial charge on any atom is 0.0845 e. The first-order chi connectivity index (χ1) is 14.5. The number of benzene rings is 2. The lowest BCUT2D eigenvalue weighted by Crippen LogP contribution is -2.47. The van der Waals surface area contributed by atoms with Crippen LogP contribution in [0.3, 0.4) is 0 Å². The van der Waals surface area contributed by atoms with Gasteiger partial charge >= 0.3 is 0 Å². The average molecular weight is 452 g/mol. The third-order valence-corrected chi connectivity index (χ3v) is 5.43. The van der Waals surface area contributed by atoms with E-state index < -0.39 is 6.10 Å². The Balaban J connectivity index is 0.000000590. The molecule has 0 saturated carbocycles. The van der Waals surface area contributed by atoms with Crippen molar-refractivity contribution in [3.8, 4) is 0 Å². The van der Waals surface area contributed by atoms with Crippen molar-refractivity contribution < 1.29 is 10.2 Å². The van der Waals surface area contributed by atoms with E-state index in [9.17, 15) is 5.11 Å². The number of hydrogen-bond donors (Lipinski definition) is 2. The van der Waals surface area contributed by atoms with Gasteiger partial charge in [-0.3, -0.25) is 4.90 Å². The monoisotopic (exact) mass is 451 g/mol. The Morgan fingerprint density at radius 3 is 2.27 bits per heavy atom. The van der Waals surface area contributed by atoms with Crippen molar-refractivity contribution >= 4 is 45.0 Å². The molecule has 0 aliphatic carbocycles. The van der Waals surface area contributed by atoms with Gasteiger partial charge in [-0.1, -0.05) is 48.0 Å². The largest absolute Gasteiger partial charge is 0.400 e. The second-order valence-corrected chi connectivity index (χ2v) is 7.95. The Hall–Kier alpha value is -1.60. The van der Waals surface area contributed by atoms with Crippen LogP contribution in [0.25, 0.3) is 21.8 Å². The molecule has 2 N–H and O–H groups in total. The normalized spacial score (nSPS) is 15.8. The fraction of sp³-hybridized carbons (Fsp3) is 0.391. The Morgan fingerprint density at radius 1 is 1.00 bits per heavy atom. The van der Waals surface area contributed by atoms with Gasteiger partial charge in [0.1, 0.15) is 0 Å². The molecule has 0 spiro atoms. The lowest BCUT2D eigenvalue weighted by Gasteiger charge is -2.33. The summed E-state index contributed by atoms with van der Waals surface area (Å²) in [7, 11) is 3.15. The van der Waals surface area contributed by atoms with E-state index in [0.717, 1.165) is 61.3 Å².